The Labute approximate surface area is 193 Å². The Bertz CT molecular complexity index is 991. The van der Waals surface area contributed by atoms with Crippen molar-refractivity contribution in [2.45, 2.75) is 50.2 Å². The highest BCUT2D eigenvalue weighted by Crippen LogP contribution is 2.52. The van der Waals surface area contributed by atoms with Crippen LogP contribution in [0.4, 0.5) is 10.1 Å². The topological polar surface area (TPSA) is 61.8 Å². The molecule has 1 aliphatic heterocycles. The number of benzene rings is 2. The van der Waals surface area contributed by atoms with Crippen molar-refractivity contribution >= 4 is 23.3 Å². The van der Waals surface area contributed by atoms with Crippen molar-refractivity contribution in [3.63, 3.8) is 0 Å². The van der Waals surface area contributed by atoms with Crippen LogP contribution < -0.4 is 5.32 Å². The third-order valence-corrected chi connectivity index (χ3v) is 7.33. The summed E-state index contributed by atoms with van der Waals surface area (Å²) in [6.07, 6.45) is 2.55. The van der Waals surface area contributed by atoms with Gasteiger partial charge < -0.3 is 15.2 Å². The van der Waals surface area contributed by atoms with Crippen LogP contribution in [0.5, 0.6) is 0 Å². The molecule has 0 amide bonds. The SMILES string of the molecule is COC(=O)C1(Nc2cccc(Cl)c2)CCC2(CC1)c1ccc(F)cc1CN2C[C@@H](C)CO. The van der Waals surface area contributed by atoms with Crippen LogP contribution in [0.25, 0.3) is 0 Å². The molecule has 2 aliphatic rings. The molecular formula is C25H30ClFN2O3. The minimum absolute atomic E-state index is 0.0969. The molecule has 1 fully saturated rings. The van der Waals surface area contributed by atoms with E-state index >= 15 is 0 Å². The van der Waals surface area contributed by atoms with E-state index in [2.05, 4.69) is 10.2 Å². The first-order chi connectivity index (χ1) is 15.3. The molecule has 32 heavy (non-hydrogen) atoms. The van der Waals surface area contributed by atoms with E-state index in [-0.39, 0.29) is 29.9 Å². The van der Waals surface area contributed by atoms with Crippen LogP contribution in [-0.4, -0.2) is 41.8 Å². The fourth-order valence-electron chi connectivity index (χ4n) is 5.44. The van der Waals surface area contributed by atoms with Crippen molar-refractivity contribution in [3.05, 3.63) is 64.4 Å². The first-order valence-corrected chi connectivity index (χ1v) is 11.5. The zero-order valence-electron chi connectivity index (χ0n) is 18.5. The number of aliphatic hydroxyl groups is 1. The molecule has 2 N–H and O–H groups in total. The number of halogens is 2. The van der Waals surface area contributed by atoms with Gasteiger partial charge in [0.1, 0.15) is 11.4 Å². The summed E-state index contributed by atoms with van der Waals surface area (Å²) in [5.74, 6) is -0.430. The van der Waals surface area contributed by atoms with Crippen LogP contribution in [0.15, 0.2) is 42.5 Å². The van der Waals surface area contributed by atoms with Gasteiger partial charge in [-0.25, -0.2) is 9.18 Å². The fourth-order valence-corrected chi connectivity index (χ4v) is 5.63. The van der Waals surface area contributed by atoms with Gasteiger partial charge in [-0.15, -0.1) is 0 Å². The zero-order chi connectivity index (χ0) is 22.9. The Morgan fingerprint density at radius 3 is 2.66 bits per heavy atom. The van der Waals surface area contributed by atoms with E-state index in [9.17, 15) is 14.3 Å². The molecule has 0 saturated heterocycles. The number of nitrogens with zero attached hydrogens (tertiary/aromatic N) is 1. The van der Waals surface area contributed by atoms with E-state index in [0.29, 0.717) is 43.8 Å². The number of methoxy groups -OCH3 is 1. The Morgan fingerprint density at radius 1 is 1.25 bits per heavy atom. The highest BCUT2D eigenvalue weighted by atomic mass is 35.5. The second-order valence-electron chi connectivity index (χ2n) is 9.21. The summed E-state index contributed by atoms with van der Waals surface area (Å²) < 4.78 is 19.2. The summed E-state index contributed by atoms with van der Waals surface area (Å²) in [6, 6.07) is 12.4. The number of fused-ring (bicyclic) bond motifs is 2. The quantitative estimate of drug-likeness (QED) is 0.611. The maximum atomic E-state index is 14.0. The van der Waals surface area contributed by atoms with E-state index in [0.717, 1.165) is 16.8 Å². The van der Waals surface area contributed by atoms with Crippen molar-refractivity contribution < 1.29 is 19.0 Å². The van der Waals surface area contributed by atoms with Crippen molar-refractivity contribution in [1.29, 1.82) is 0 Å². The summed E-state index contributed by atoms with van der Waals surface area (Å²) in [5.41, 5.74) is 1.74. The molecule has 0 radical (unpaired) electrons. The zero-order valence-corrected chi connectivity index (χ0v) is 19.3. The van der Waals surface area contributed by atoms with Gasteiger partial charge in [0.15, 0.2) is 0 Å². The summed E-state index contributed by atoms with van der Waals surface area (Å²) in [7, 11) is 1.41. The lowest BCUT2D eigenvalue weighted by Crippen LogP contribution is -2.56. The molecule has 0 aromatic heterocycles. The largest absolute Gasteiger partial charge is 0.467 e. The van der Waals surface area contributed by atoms with Crippen LogP contribution in [0, 0.1) is 11.7 Å². The van der Waals surface area contributed by atoms with Gasteiger partial charge in [-0.3, -0.25) is 4.90 Å². The van der Waals surface area contributed by atoms with Crippen LogP contribution >= 0.6 is 11.6 Å². The Morgan fingerprint density at radius 2 is 2.00 bits per heavy atom. The monoisotopic (exact) mass is 460 g/mol. The normalized spacial score (nSPS) is 26.0. The molecule has 0 bridgehead atoms. The molecule has 0 unspecified atom stereocenters. The number of rotatable bonds is 6. The lowest BCUT2D eigenvalue weighted by Gasteiger charge is -2.49. The first-order valence-electron chi connectivity index (χ1n) is 11.1. The summed E-state index contributed by atoms with van der Waals surface area (Å²) in [6.45, 7) is 3.46. The summed E-state index contributed by atoms with van der Waals surface area (Å²) in [4.78, 5) is 15.3. The average molecular weight is 461 g/mol. The minimum Gasteiger partial charge on any atom is -0.467 e. The number of carbonyl (C=O) groups excluding carboxylic acids is 1. The Hall–Kier alpha value is -2.15. The van der Waals surface area contributed by atoms with Gasteiger partial charge in [-0.2, -0.15) is 0 Å². The molecule has 1 atom stereocenters. The van der Waals surface area contributed by atoms with E-state index in [1.165, 1.54) is 13.2 Å². The van der Waals surface area contributed by atoms with Gasteiger partial charge in [-0.05, 0) is 73.1 Å². The van der Waals surface area contributed by atoms with Crippen LogP contribution in [0.2, 0.25) is 5.02 Å². The standard InChI is InChI=1S/C25H30ClFN2O3/c1-17(16-30)14-29-15-18-12-20(27)6-7-22(18)25(29)10-8-24(9-11-25,23(31)32-2)28-21-5-3-4-19(26)13-21/h3-7,12-13,17,28,30H,8-11,14-16H2,1-2H3/t17-,24?,25?/m1/s1. The van der Waals surface area contributed by atoms with Gasteiger partial charge in [0, 0.05) is 35.9 Å². The van der Waals surface area contributed by atoms with Crippen LogP contribution in [-0.2, 0) is 21.6 Å². The molecule has 1 saturated carbocycles. The van der Waals surface area contributed by atoms with Gasteiger partial charge in [0.05, 0.1) is 7.11 Å². The highest BCUT2D eigenvalue weighted by Gasteiger charge is 2.53. The first kappa shape index (κ1) is 23.0. The Kier molecular flexibility index (Phi) is 6.48. The molecule has 1 aliphatic carbocycles. The molecule has 172 valence electrons. The van der Waals surface area contributed by atoms with Crippen molar-refractivity contribution in [2.24, 2.45) is 5.92 Å². The number of nitrogens with one attached hydrogen (secondary N) is 1. The number of carbonyl (C=O) groups is 1. The number of hydrogen-bond acceptors (Lipinski definition) is 5. The van der Waals surface area contributed by atoms with E-state index in [1.54, 1.807) is 18.2 Å². The van der Waals surface area contributed by atoms with Crippen LogP contribution in [0.1, 0.15) is 43.7 Å². The predicted molar refractivity (Wildman–Crippen MR) is 123 cm³/mol. The fraction of sp³-hybridized carbons (Fsp3) is 0.480. The number of aliphatic hydroxyl groups excluding tert-OH is 1. The Balaban J connectivity index is 1.66. The van der Waals surface area contributed by atoms with E-state index < -0.39 is 5.54 Å². The van der Waals surface area contributed by atoms with E-state index in [4.69, 9.17) is 16.3 Å². The number of hydrogen-bond donors (Lipinski definition) is 2. The van der Waals surface area contributed by atoms with Gasteiger partial charge >= 0.3 is 5.97 Å². The molecule has 1 spiro atoms. The predicted octanol–water partition coefficient (Wildman–Crippen LogP) is 4.72. The minimum atomic E-state index is -0.859. The molecule has 7 heteroatoms. The van der Waals surface area contributed by atoms with Gasteiger partial charge in [-0.1, -0.05) is 30.7 Å². The van der Waals surface area contributed by atoms with Crippen molar-refractivity contribution in [1.82, 2.24) is 4.90 Å². The maximum Gasteiger partial charge on any atom is 0.331 e. The molecule has 5 nitrogen and oxygen atoms in total. The molecule has 1 heterocycles. The lowest BCUT2D eigenvalue weighted by atomic mass is 9.69. The number of anilines is 1. The smallest absolute Gasteiger partial charge is 0.331 e. The van der Waals surface area contributed by atoms with Crippen LogP contribution in [0.3, 0.4) is 0 Å². The third kappa shape index (κ3) is 4.12. The molecule has 4 rings (SSSR count). The second kappa shape index (κ2) is 9.00. The van der Waals surface area contributed by atoms with Crippen molar-refractivity contribution in [3.8, 4) is 0 Å². The molecule has 2 aromatic carbocycles. The maximum absolute atomic E-state index is 14.0. The summed E-state index contributed by atoms with van der Waals surface area (Å²) >= 11 is 6.16. The molecular weight excluding hydrogens is 431 g/mol. The van der Waals surface area contributed by atoms with Gasteiger partial charge in [0.2, 0.25) is 0 Å². The molecule has 2 aromatic rings. The number of esters is 1. The van der Waals surface area contributed by atoms with Gasteiger partial charge in [0.25, 0.3) is 0 Å². The lowest BCUT2D eigenvalue weighted by molar-refractivity contribution is -0.148. The average Bonchev–Trinajstić information content (AvgIpc) is 3.06. The van der Waals surface area contributed by atoms with E-state index in [1.807, 2.05) is 25.1 Å². The highest BCUT2D eigenvalue weighted by molar-refractivity contribution is 6.30. The number of ether oxygens (including phenoxy) is 1. The third-order valence-electron chi connectivity index (χ3n) is 7.09. The second-order valence-corrected chi connectivity index (χ2v) is 9.65. The van der Waals surface area contributed by atoms with Crippen molar-refractivity contribution in [2.75, 3.05) is 25.6 Å². The summed E-state index contributed by atoms with van der Waals surface area (Å²) in [5, 5.41) is 13.7.